The molecule has 0 atom stereocenters. The Labute approximate surface area is 63.6 Å². The Morgan fingerprint density at radius 3 is 3.50 bits per heavy atom. The topological polar surface area (TPSA) is 22.1 Å². The van der Waals surface area contributed by atoms with Gasteiger partial charge in [-0.25, -0.2) is 4.98 Å². The van der Waals surface area contributed by atoms with E-state index < -0.39 is 0 Å². The van der Waals surface area contributed by atoms with E-state index in [-0.39, 0.29) is 0 Å². The molecule has 10 heavy (non-hydrogen) atoms. The fourth-order valence-corrected chi connectivity index (χ4v) is 1.65. The summed E-state index contributed by atoms with van der Waals surface area (Å²) in [5.74, 6) is 1.95. The van der Waals surface area contributed by atoms with Crippen LogP contribution in [0.4, 0.5) is 0 Å². The lowest BCUT2D eigenvalue weighted by Gasteiger charge is -2.14. The second-order valence-corrected chi connectivity index (χ2v) is 3.09. The van der Waals surface area contributed by atoms with Gasteiger partial charge in [0.25, 0.3) is 0 Å². The molecule has 1 aliphatic heterocycles. The van der Waals surface area contributed by atoms with Crippen LogP contribution in [0.25, 0.3) is 0 Å². The molecule has 2 rings (SSSR count). The van der Waals surface area contributed by atoms with Crippen LogP contribution in [-0.2, 0) is 0 Å². The molecule has 1 aromatic heterocycles. The van der Waals surface area contributed by atoms with Crippen molar-refractivity contribution in [2.24, 2.45) is 0 Å². The molecule has 2 nitrogen and oxygen atoms in total. The van der Waals surface area contributed by atoms with Crippen LogP contribution >= 0.6 is 11.8 Å². The first-order valence-corrected chi connectivity index (χ1v) is 4.16. The van der Waals surface area contributed by atoms with Crippen LogP contribution in [-0.4, -0.2) is 17.3 Å². The van der Waals surface area contributed by atoms with Gasteiger partial charge in [-0.2, -0.15) is 0 Å². The lowest BCUT2D eigenvalue weighted by Crippen LogP contribution is -2.06. The third-order valence-electron chi connectivity index (χ3n) is 1.32. The third kappa shape index (κ3) is 0.968. The molecule has 1 aromatic rings. The SMILES string of the molecule is c1cnc2c(c1)OCCS2. The zero-order valence-electron chi connectivity index (χ0n) is 5.41. The average molecular weight is 153 g/mol. The minimum absolute atomic E-state index is 0.809. The van der Waals surface area contributed by atoms with Gasteiger partial charge in [0.15, 0.2) is 5.75 Å². The van der Waals surface area contributed by atoms with Gasteiger partial charge in [0.1, 0.15) is 5.03 Å². The number of nitrogens with zero attached hydrogens (tertiary/aromatic N) is 1. The highest BCUT2D eigenvalue weighted by atomic mass is 32.2. The Hall–Kier alpha value is -0.700. The molecular weight excluding hydrogens is 146 g/mol. The van der Waals surface area contributed by atoms with Gasteiger partial charge in [0, 0.05) is 11.9 Å². The van der Waals surface area contributed by atoms with Crippen molar-refractivity contribution in [3.05, 3.63) is 18.3 Å². The number of aromatic nitrogens is 1. The highest BCUT2D eigenvalue weighted by Crippen LogP contribution is 2.29. The maximum atomic E-state index is 5.34. The van der Waals surface area contributed by atoms with Crippen LogP contribution in [0.3, 0.4) is 0 Å². The molecule has 0 amide bonds. The lowest BCUT2D eigenvalue weighted by molar-refractivity contribution is 0.326. The van der Waals surface area contributed by atoms with Crippen LogP contribution in [0, 0.1) is 0 Å². The van der Waals surface area contributed by atoms with E-state index in [0.717, 1.165) is 23.1 Å². The second-order valence-electron chi connectivity index (χ2n) is 2.00. The average Bonchev–Trinajstić information content (AvgIpc) is 2.05. The van der Waals surface area contributed by atoms with E-state index >= 15 is 0 Å². The van der Waals surface area contributed by atoms with Crippen molar-refractivity contribution in [3.8, 4) is 5.75 Å². The highest BCUT2D eigenvalue weighted by Gasteiger charge is 2.09. The summed E-state index contributed by atoms with van der Waals surface area (Å²) in [6, 6.07) is 3.85. The monoisotopic (exact) mass is 153 g/mol. The zero-order valence-corrected chi connectivity index (χ0v) is 6.23. The first-order chi connectivity index (χ1) is 4.97. The Morgan fingerprint density at radius 2 is 2.60 bits per heavy atom. The van der Waals surface area contributed by atoms with Gasteiger partial charge in [0.05, 0.1) is 6.61 Å². The van der Waals surface area contributed by atoms with E-state index in [2.05, 4.69) is 4.98 Å². The van der Waals surface area contributed by atoms with E-state index in [0.29, 0.717) is 0 Å². The van der Waals surface area contributed by atoms with Gasteiger partial charge < -0.3 is 4.74 Å². The molecule has 0 saturated carbocycles. The van der Waals surface area contributed by atoms with Gasteiger partial charge in [-0.1, -0.05) is 11.8 Å². The number of hydrogen-bond acceptors (Lipinski definition) is 3. The smallest absolute Gasteiger partial charge is 0.151 e. The molecule has 0 spiro atoms. The first-order valence-electron chi connectivity index (χ1n) is 3.17. The summed E-state index contributed by atoms with van der Waals surface area (Å²) in [7, 11) is 0. The molecule has 0 fully saturated rings. The van der Waals surface area contributed by atoms with E-state index in [1.165, 1.54) is 0 Å². The van der Waals surface area contributed by atoms with Crippen molar-refractivity contribution in [3.63, 3.8) is 0 Å². The Morgan fingerprint density at radius 1 is 1.60 bits per heavy atom. The Bertz CT molecular complexity index is 214. The van der Waals surface area contributed by atoms with Crippen molar-refractivity contribution < 1.29 is 4.74 Å². The first kappa shape index (κ1) is 6.04. The van der Waals surface area contributed by atoms with Crippen LogP contribution in [0.5, 0.6) is 5.75 Å². The van der Waals surface area contributed by atoms with Crippen molar-refractivity contribution in [1.82, 2.24) is 4.98 Å². The molecule has 0 bridgehead atoms. The molecule has 0 aromatic carbocycles. The maximum Gasteiger partial charge on any atom is 0.151 e. The highest BCUT2D eigenvalue weighted by molar-refractivity contribution is 7.99. The number of pyridine rings is 1. The minimum Gasteiger partial charge on any atom is -0.490 e. The van der Waals surface area contributed by atoms with Gasteiger partial charge >= 0.3 is 0 Å². The van der Waals surface area contributed by atoms with Gasteiger partial charge in [-0.05, 0) is 12.1 Å². The number of rotatable bonds is 0. The molecule has 1 aliphatic rings. The number of ether oxygens (including phenoxy) is 1. The number of thioether (sulfide) groups is 1. The van der Waals surface area contributed by atoms with Crippen molar-refractivity contribution in [1.29, 1.82) is 0 Å². The van der Waals surface area contributed by atoms with Crippen LogP contribution in [0.1, 0.15) is 0 Å². The fraction of sp³-hybridized carbons (Fsp3) is 0.286. The standard InChI is InChI=1S/C7H7NOS/c1-2-6-7(8-3-1)10-5-4-9-6/h1-3H,4-5H2. The quantitative estimate of drug-likeness (QED) is 0.564. The van der Waals surface area contributed by atoms with E-state index in [9.17, 15) is 0 Å². The van der Waals surface area contributed by atoms with Crippen molar-refractivity contribution in [2.45, 2.75) is 5.03 Å². The molecular formula is C7H7NOS. The molecule has 2 heterocycles. The number of fused-ring (bicyclic) bond motifs is 1. The predicted molar refractivity (Wildman–Crippen MR) is 40.5 cm³/mol. The summed E-state index contributed by atoms with van der Waals surface area (Å²) in [6.07, 6.45) is 1.79. The normalized spacial score (nSPS) is 15.6. The molecule has 3 heteroatoms. The largest absolute Gasteiger partial charge is 0.490 e. The summed E-state index contributed by atoms with van der Waals surface area (Å²) in [4.78, 5) is 4.16. The van der Waals surface area contributed by atoms with Crippen LogP contribution in [0.2, 0.25) is 0 Å². The molecule has 0 N–H and O–H groups in total. The zero-order chi connectivity index (χ0) is 6.81. The minimum atomic E-state index is 0.809. The Balaban J connectivity index is 2.41. The lowest BCUT2D eigenvalue weighted by atomic mass is 10.5. The summed E-state index contributed by atoms with van der Waals surface area (Å²) < 4.78 is 5.34. The van der Waals surface area contributed by atoms with E-state index in [4.69, 9.17) is 4.74 Å². The predicted octanol–water partition coefficient (Wildman–Crippen LogP) is 1.57. The van der Waals surface area contributed by atoms with Crippen molar-refractivity contribution >= 4 is 11.8 Å². The van der Waals surface area contributed by atoms with E-state index in [1.807, 2.05) is 12.1 Å². The molecule has 0 saturated heterocycles. The molecule has 52 valence electrons. The third-order valence-corrected chi connectivity index (χ3v) is 2.27. The molecule has 0 aliphatic carbocycles. The summed E-state index contributed by atoms with van der Waals surface area (Å²) >= 11 is 1.75. The van der Waals surface area contributed by atoms with Crippen molar-refractivity contribution in [2.75, 3.05) is 12.4 Å². The van der Waals surface area contributed by atoms with Crippen LogP contribution < -0.4 is 4.74 Å². The second kappa shape index (κ2) is 2.50. The van der Waals surface area contributed by atoms with E-state index in [1.54, 1.807) is 18.0 Å². The maximum absolute atomic E-state index is 5.34. The van der Waals surface area contributed by atoms with Gasteiger partial charge in [-0.15, -0.1) is 0 Å². The Kier molecular flexibility index (Phi) is 1.51. The summed E-state index contributed by atoms with van der Waals surface area (Å²) in [5.41, 5.74) is 0. The summed E-state index contributed by atoms with van der Waals surface area (Å²) in [5, 5.41) is 1.02. The fourth-order valence-electron chi connectivity index (χ4n) is 0.884. The van der Waals surface area contributed by atoms with Crippen LogP contribution in [0.15, 0.2) is 23.4 Å². The molecule has 0 unspecified atom stereocenters. The molecule has 0 radical (unpaired) electrons. The summed E-state index contributed by atoms with van der Waals surface area (Å²) in [6.45, 7) is 0.809. The van der Waals surface area contributed by atoms with Gasteiger partial charge in [0.2, 0.25) is 0 Å². The van der Waals surface area contributed by atoms with Gasteiger partial charge in [-0.3, -0.25) is 0 Å². The number of hydrogen-bond donors (Lipinski definition) is 0.